The van der Waals surface area contributed by atoms with E-state index in [9.17, 15) is 4.39 Å². The molecule has 0 radical (unpaired) electrons. The molecule has 1 aromatic carbocycles. The Morgan fingerprint density at radius 3 is 2.71 bits per heavy atom. The van der Waals surface area contributed by atoms with Crippen LogP contribution in [-0.4, -0.2) is 12.6 Å². The van der Waals surface area contributed by atoms with Gasteiger partial charge in [0, 0.05) is 11.1 Å². The first kappa shape index (κ1) is 16.8. The van der Waals surface area contributed by atoms with Gasteiger partial charge in [-0.3, -0.25) is 0 Å². The number of rotatable bonds is 5. The fourth-order valence-corrected chi connectivity index (χ4v) is 3.88. The summed E-state index contributed by atoms with van der Waals surface area (Å²) in [5.74, 6) is 1.87. The lowest BCUT2D eigenvalue weighted by Gasteiger charge is -2.38. The monoisotopic (exact) mass is 311 g/mol. The van der Waals surface area contributed by atoms with E-state index in [1.807, 2.05) is 6.07 Å². The van der Waals surface area contributed by atoms with E-state index in [1.165, 1.54) is 31.4 Å². The van der Waals surface area contributed by atoms with Crippen LogP contribution in [0.25, 0.3) is 0 Å². The predicted molar refractivity (Wildman–Crippen MR) is 88.2 cm³/mol. The third-order valence-electron chi connectivity index (χ3n) is 4.93. The molecule has 2 rings (SSSR count). The van der Waals surface area contributed by atoms with Crippen LogP contribution in [0.3, 0.4) is 0 Å². The number of nitrogens with one attached hydrogen (secondary N) is 1. The van der Waals surface area contributed by atoms with E-state index in [2.05, 4.69) is 26.1 Å². The normalized spacial score (nSPS) is 26.3. The molecule has 0 bridgehead atoms. The van der Waals surface area contributed by atoms with Gasteiger partial charge in [0.15, 0.2) is 0 Å². The maximum atomic E-state index is 13.2. The highest BCUT2D eigenvalue weighted by Gasteiger charge is 2.31. The lowest BCUT2D eigenvalue weighted by Crippen LogP contribution is -2.42. The molecule has 0 heterocycles. The highest BCUT2D eigenvalue weighted by atomic mass is 35.5. The predicted octanol–water partition coefficient (Wildman–Crippen LogP) is 5.07. The minimum atomic E-state index is -0.254. The first-order valence-electron chi connectivity index (χ1n) is 8.18. The quantitative estimate of drug-likeness (QED) is 0.800. The highest BCUT2D eigenvalue weighted by molar-refractivity contribution is 6.31. The van der Waals surface area contributed by atoms with Gasteiger partial charge in [-0.15, -0.1) is 0 Å². The van der Waals surface area contributed by atoms with Gasteiger partial charge in [-0.2, -0.15) is 0 Å². The summed E-state index contributed by atoms with van der Waals surface area (Å²) in [4.78, 5) is 0. The van der Waals surface area contributed by atoms with Crippen molar-refractivity contribution in [2.45, 2.75) is 52.5 Å². The molecule has 0 aromatic heterocycles. The third-order valence-corrected chi connectivity index (χ3v) is 5.28. The van der Waals surface area contributed by atoms with Crippen LogP contribution in [0.2, 0.25) is 5.02 Å². The van der Waals surface area contributed by atoms with E-state index in [0.29, 0.717) is 17.0 Å². The molecule has 1 aliphatic carbocycles. The van der Waals surface area contributed by atoms with Crippen LogP contribution in [0.1, 0.15) is 45.6 Å². The fraction of sp³-hybridized carbons (Fsp3) is 0.667. The Balaban J connectivity index is 2.11. The standard InChI is InChI=1S/C18H27ClFN/c1-4-21-18-8-6-13(12(2)3)9-15(18)10-14-5-7-16(20)11-17(14)19/h5,7,11-13,15,18,21H,4,6,8-10H2,1-3H3. The summed E-state index contributed by atoms with van der Waals surface area (Å²) in [6.07, 6.45) is 4.73. The topological polar surface area (TPSA) is 12.0 Å². The van der Waals surface area contributed by atoms with Crippen molar-refractivity contribution in [1.29, 1.82) is 0 Å². The minimum absolute atomic E-state index is 0.254. The molecule has 0 spiro atoms. The Morgan fingerprint density at radius 1 is 1.33 bits per heavy atom. The first-order valence-corrected chi connectivity index (χ1v) is 8.56. The molecule has 3 heteroatoms. The van der Waals surface area contributed by atoms with Crippen molar-refractivity contribution < 1.29 is 4.39 Å². The van der Waals surface area contributed by atoms with E-state index in [1.54, 1.807) is 0 Å². The van der Waals surface area contributed by atoms with E-state index in [-0.39, 0.29) is 5.82 Å². The summed E-state index contributed by atoms with van der Waals surface area (Å²) in [6, 6.07) is 5.36. The summed E-state index contributed by atoms with van der Waals surface area (Å²) in [7, 11) is 0. The second-order valence-electron chi connectivity index (χ2n) is 6.68. The van der Waals surface area contributed by atoms with Gasteiger partial charge in [0.05, 0.1) is 0 Å². The Hall–Kier alpha value is -0.600. The summed E-state index contributed by atoms with van der Waals surface area (Å²) < 4.78 is 13.2. The van der Waals surface area contributed by atoms with Crippen molar-refractivity contribution in [1.82, 2.24) is 5.32 Å². The molecule has 0 aliphatic heterocycles. The summed E-state index contributed by atoms with van der Waals surface area (Å²) in [6.45, 7) is 7.81. The van der Waals surface area contributed by atoms with E-state index < -0.39 is 0 Å². The van der Waals surface area contributed by atoms with Crippen LogP contribution in [0.15, 0.2) is 18.2 Å². The van der Waals surface area contributed by atoms with Gasteiger partial charge in [-0.25, -0.2) is 4.39 Å². The molecule has 118 valence electrons. The van der Waals surface area contributed by atoms with Crippen molar-refractivity contribution >= 4 is 11.6 Å². The zero-order chi connectivity index (χ0) is 15.4. The second kappa shape index (κ2) is 7.60. The van der Waals surface area contributed by atoms with Gasteiger partial charge >= 0.3 is 0 Å². The maximum Gasteiger partial charge on any atom is 0.124 e. The summed E-state index contributed by atoms with van der Waals surface area (Å²) >= 11 is 6.21. The van der Waals surface area contributed by atoms with E-state index in [4.69, 9.17) is 11.6 Å². The van der Waals surface area contributed by atoms with Crippen LogP contribution in [-0.2, 0) is 6.42 Å². The van der Waals surface area contributed by atoms with E-state index >= 15 is 0 Å². The largest absolute Gasteiger partial charge is 0.314 e. The Bertz CT molecular complexity index is 461. The molecule has 1 nitrogen and oxygen atoms in total. The van der Waals surface area contributed by atoms with E-state index in [0.717, 1.165) is 30.4 Å². The zero-order valence-corrected chi connectivity index (χ0v) is 14.1. The smallest absolute Gasteiger partial charge is 0.124 e. The van der Waals surface area contributed by atoms with Gasteiger partial charge in [0.25, 0.3) is 0 Å². The van der Waals surface area contributed by atoms with Crippen LogP contribution < -0.4 is 5.32 Å². The number of hydrogen-bond donors (Lipinski definition) is 1. The van der Waals surface area contributed by atoms with Crippen LogP contribution in [0.5, 0.6) is 0 Å². The molecule has 3 atom stereocenters. The van der Waals surface area contributed by atoms with Crippen molar-refractivity contribution in [3.8, 4) is 0 Å². The van der Waals surface area contributed by atoms with Crippen LogP contribution >= 0.6 is 11.6 Å². The SMILES string of the molecule is CCNC1CCC(C(C)C)CC1Cc1ccc(F)cc1Cl. The molecular formula is C18H27ClFN. The first-order chi connectivity index (χ1) is 10.0. The van der Waals surface area contributed by atoms with Crippen LogP contribution in [0.4, 0.5) is 4.39 Å². The van der Waals surface area contributed by atoms with Crippen molar-refractivity contribution in [2.24, 2.45) is 17.8 Å². The molecule has 1 fully saturated rings. The van der Waals surface area contributed by atoms with Gasteiger partial charge in [-0.1, -0.05) is 38.4 Å². The summed E-state index contributed by atoms with van der Waals surface area (Å²) in [5, 5.41) is 4.19. The van der Waals surface area contributed by atoms with Gasteiger partial charge in [0.1, 0.15) is 5.82 Å². The Morgan fingerprint density at radius 2 is 2.10 bits per heavy atom. The van der Waals surface area contributed by atoms with Crippen molar-refractivity contribution in [3.63, 3.8) is 0 Å². The molecule has 0 amide bonds. The molecule has 21 heavy (non-hydrogen) atoms. The third kappa shape index (κ3) is 4.43. The molecule has 1 N–H and O–H groups in total. The van der Waals surface area contributed by atoms with Crippen LogP contribution in [0, 0.1) is 23.6 Å². The van der Waals surface area contributed by atoms with Gasteiger partial charge in [0.2, 0.25) is 0 Å². The minimum Gasteiger partial charge on any atom is -0.314 e. The molecule has 1 aliphatic rings. The fourth-order valence-electron chi connectivity index (χ4n) is 3.63. The van der Waals surface area contributed by atoms with Gasteiger partial charge in [-0.05, 0) is 67.7 Å². The number of hydrogen-bond acceptors (Lipinski definition) is 1. The highest BCUT2D eigenvalue weighted by Crippen LogP contribution is 2.36. The second-order valence-corrected chi connectivity index (χ2v) is 7.09. The maximum absolute atomic E-state index is 13.2. The van der Waals surface area contributed by atoms with Crippen molar-refractivity contribution in [2.75, 3.05) is 6.54 Å². The number of halogens is 2. The van der Waals surface area contributed by atoms with Crippen molar-refractivity contribution in [3.05, 3.63) is 34.6 Å². The lowest BCUT2D eigenvalue weighted by atomic mass is 9.71. The molecule has 0 saturated heterocycles. The molecule has 1 aromatic rings. The number of benzene rings is 1. The molecular weight excluding hydrogens is 285 g/mol. The molecule has 3 unspecified atom stereocenters. The summed E-state index contributed by atoms with van der Waals surface area (Å²) in [5.41, 5.74) is 1.08. The molecule has 1 saturated carbocycles. The van der Waals surface area contributed by atoms with Gasteiger partial charge < -0.3 is 5.32 Å². The lowest BCUT2D eigenvalue weighted by molar-refractivity contribution is 0.169. The Labute approximate surface area is 133 Å². The zero-order valence-electron chi connectivity index (χ0n) is 13.3. The average molecular weight is 312 g/mol. The Kier molecular flexibility index (Phi) is 6.07. The average Bonchev–Trinajstić information content (AvgIpc) is 2.43.